The predicted molar refractivity (Wildman–Crippen MR) is 117 cm³/mol. The average molecular weight is 404 g/mol. The van der Waals surface area contributed by atoms with Gasteiger partial charge in [0.15, 0.2) is 11.5 Å². The minimum Gasteiger partial charge on any atom is -0.504 e. The lowest BCUT2D eigenvalue weighted by molar-refractivity contribution is 0.0696. The van der Waals surface area contributed by atoms with Crippen molar-refractivity contribution in [2.24, 2.45) is 0 Å². The number of hydrogen-bond donors (Lipinski definition) is 2. The van der Waals surface area contributed by atoms with Crippen LogP contribution in [0.15, 0.2) is 42.5 Å². The summed E-state index contributed by atoms with van der Waals surface area (Å²) in [5.74, 6) is -0.422. The van der Waals surface area contributed by atoms with Crippen LogP contribution in [-0.4, -0.2) is 45.8 Å². The number of aromatic nitrogens is 1. The van der Waals surface area contributed by atoms with Gasteiger partial charge >= 0.3 is 5.97 Å². The van der Waals surface area contributed by atoms with Crippen molar-refractivity contribution in [1.82, 2.24) is 9.88 Å². The van der Waals surface area contributed by atoms with Crippen LogP contribution >= 0.6 is 0 Å². The topological polar surface area (TPSA) is 82.9 Å². The average Bonchev–Trinajstić information content (AvgIpc) is 2.74. The SMILES string of the molecule is CCOc1cc(/C=C2/CN(CC)Cc3c2nc2ccccc2c3C(=O)O)ccc1O. The van der Waals surface area contributed by atoms with E-state index in [1.807, 2.05) is 43.3 Å². The van der Waals surface area contributed by atoms with Crippen molar-refractivity contribution >= 4 is 28.5 Å². The van der Waals surface area contributed by atoms with Crippen LogP contribution in [0.5, 0.6) is 11.5 Å². The summed E-state index contributed by atoms with van der Waals surface area (Å²) in [5.41, 5.74) is 4.26. The summed E-state index contributed by atoms with van der Waals surface area (Å²) in [6.07, 6.45) is 2.00. The largest absolute Gasteiger partial charge is 0.504 e. The number of carbonyl (C=O) groups is 1. The lowest BCUT2D eigenvalue weighted by Gasteiger charge is -2.30. The maximum absolute atomic E-state index is 12.2. The number of benzene rings is 2. The van der Waals surface area contributed by atoms with Crippen LogP contribution in [0.1, 0.15) is 41.0 Å². The van der Waals surface area contributed by atoms with Gasteiger partial charge in [-0.25, -0.2) is 9.78 Å². The van der Waals surface area contributed by atoms with Crippen molar-refractivity contribution in [3.05, 3.63) is 64.8 Å². The van der Waals surface area contributed by atoms with Gasteiger partial charge in [0, 0.05) is 24.0 Å². The standard InChI is InChI=1S/C24H24N2O4/c1-3-26-13-16(11-15-9-10-20(27)21(12-15)30-4-2)23-18(14-26)22(24(28)29)17-7-5-6-8-19(17)25-23/h5-12,27H,3-4,13-14H2,1-2H3,(H,28,29)/b16-11-. The number of nitrogens with zero attached hydrogens (tertiary/aromatic N) is 2. The van der Waals surface area contributed by atoms with Crippen LogP contribution in [0.25, 0.3) is 22.6 Å². The minimum atomic E-state index is -0.939. The Balaban J connectivity index is 1.92. The van der Waals surface area contributed by atoms with Gasteiger partial charge < -0.3 is 14.9 Å². The molecule has 1 aliphatic rings. The number of aromatic carboxylic acids is 1. The first-order valence-corrected chi connectivity index (χ1v) is 10.1. The first-order chi connectivity index (χ1) is 14.5. The number of aromatic hydroxyl groups is 1. The number of likely N-dealkylation sites (N-methyl/N-ethyl adjacent to an activating group) is 1. The van der Waals surface area contributed by atoms with E-state index >= 15 is 0 Å². The summed E-state index contributed by atoms with van der Waals surface area (Å²) in [6.45, 7) is 6.38. The normalized spacial score (nSPS) is 15.3. The fourth-order valence-corrected chi connectivity index (χ4v) is 3.94. The van der Waals surface area contributed by atoms with E-state index in [-0.39, 0.29) is 5.75 Å². The Hall–Kier alpha value is -3.38. The lowest BCUT2D eigenvalue weighted by atomic mass is 9.92. The number of phenols is 1. The molecule has 30 heavy (non-hydrogen) atoms. The quantitative estimate of drug-likeness (QED) is 0.655. The van der Waals surface area contributed by atoms with E-state index in [9.17, 15) is 15.0 Å². The second-order valence-corrected chi connectivity index (χ2v) is 7.27. The van der Waals surface area contributed by atoms with Crippen LogP contribution in [-0.2, 0) is 6.54 Å². The molecule has 0 bridgehead atoms. The van der Waals surface area contributed by atoms with Crippen LogP contribution in [0.2, 0.25) is 0 Å². The number of carboxylic acid groups (broad SMARTS) is 1. The molecule has 6 nitrogen and oxygen atoms in total. The highest BCUT2D eigenvalue weighted by Crippen LogP contribution is 2.35. The number of phenolic OH excluding ortho intramolecular Hbond substituents is 1. The predicted octanol–water partition coefficient (Wildman–Crippen LogP) is 4.41. The summed E-state index contributed by atoms with van der Waals surface area (Å²) in [6, 6.07) is 12.6. The molecule has 0 saturated carbocycles. The first-order valence-electron chi connectivity index (χ1n) is 10.1. The summed E-state index contributed by atoms with van der Waals surface area (Å²) in [7, 11) is 0. The zero-order valence-electron chi connectivity index (χ0n) is 17.1. The van der Waals surface area contributed by atoms with Crippen molar-refractivity contribution in [2.75, 3.05) is 19.7 Å². The molecule has 0 saturated heterocycles. The van der Waals surface area contributed by atoms with Crippen LogP contribution in [0, 0.1) is 0 Å². The van der Waals surface area contributed by atoms with Gasteiger partial charge in [-0.1, -0.05) is 31.2 Å². The number of fused-ring (bicyclic) bond motifs is 2. The summed E-state index contributed by atoms with van der Waals surface area (Å²) >= 11 is 0. The Morgan fingerprint density at radius 1 is 1.20 bits per heavy atom. The Bertz CT molecular complexity index is 1150. The molecule has 0 radical (unpaired) electrons. The molecule has 2 aromatic carbocycles. The molecule has 0 amide bonds. The number of rotatable bonds is 5. The second-order valence-electron chi connectivity index (χ2n) is 7.27. The molecule has 0 spiro atoms. The molecular formula is C24H24N2O4. The maximum atomic E-state index is 12.2. The molecule has 154 valence electrons. The zero-order chi connectivity index (χ0) is 21.3. The monoisotopic (exact) mass is 404 g/mol. The third kappa shape index (κ3) is 3.62. The first kappa shape index (κ1) is 19.9. The number of ether oxygens (including phenoxy) is 1. The van der Waals surface area contributed by atoms with Crippen molar-refractivity contribution in [3.63, 3.8) is 0 Å². The van der Waals surface area contributed by atoms with Crippen LogP contribution in [0.3, 0.4) is 0 Å². The van der Waals surface area contributed by atoms with Crippen LogP contribution < -0.4 is 4.74 Å². The molecular weight excluding hydrogens is 380 g/mol. The number of para-hydroxylation sites is 1. The molecule has 2 heterocycles. The molecule has 0 unspecified atom stereocenters. The lowest BCUT2D eigenvalue weighted by Crippen LogP contribution is -2.31. The van der Waals surface area contributed by atoms with Gasteiger partial charge in [0.25, 0.3) is 0 Å². The number of carboxylic acids is 1. The van der Waals surface area contributed by atoms with Crippen molar-refractivity contribution in [3.8, 4) is 11.5 Å². The Morgan fingerprint density at radius 3 is 2.73 bits per heavy atom. The van der Waals surface area contributed by atoms with Gasteiger partial charge in [0.1, 0.15) is 0 Å². The van der Waals surface area contributed by atoms with E-state index in [2.05, 4.69) is 11.8 Å². The van der Waals surface area contributed by atoms with E-state index in [1.165, 1.54) is 0 Å². The molecule has 2 N–H and O–H groups in total. The minimum absolute atomic E-state index is 0.0931. The molecule has 0 aliphatic carbocycles. The molecule has 3 aromatic rings. The summed E-state index contributed by atoms with van der Waals surface area (Å²) in [5, 5.41) is 20.6. The third-order valence-corrected chi connectivity index (χ3v) is 5.36. The Morgan fingerprint density at radius 2 is 2.00 bits per heavy atom. The highest BCUT2D eigenvalue weighted by atomic mass is 16.5. The van der Waals surface area contributed by atoms with E-state index < -0.39 is 5.97 Å². The fourth-order valence-electron chi connectivity index (χ4n) is 3.94. The Labute approximate surface area is 175 Å². The maximum Gasteiger partial charge on any atom is 0.336 e. The number of pyridine rings is 1. The molecule has 0 fully saturated rings. The number of hydrogen-bond acceptors (Lipinski definition) is 5. The van der Waals surface area contributed by atoms with E-state index in [4.69, 9.17) is 9.72 Å². The smallest absolute Gasteiger partial charge is 0.336 e. The molecule has 1 aromatic heterocycles. The van der Waals surface area contributed by atoms with Gasteiger partial charge in [0.05, 0.1) is 23.4 Å². The van der Waals surface area contributed by atoms with E-state index in [1.54, 1.807) is 12.1 Å². The van der Waals surface area contributed by atoms with Crippen molar-refractivity contribution in [2.45, 2.75) is 20.4 Å². The van der Waals surface area contributed by atoms with Gasteiger partial charge in [0.2, 0.25) is 0 Å². The highest BCUT2D eigenvalue weighted by Gasteiger charge is 2.27. The summed E-state index contributed by atoms with van der Waals surface area (Å²) < 4.78 is 5.50. The van der Waals surface area contributed by atoms with E-state index in [0.717, 1.165) is 28.9 Å². The van der Waals surface area contributed by atoms with Gasteiger partial charge in [-0.05, 0) is 48.9 Å². The molecule has 0 atom stereocenters. The molecule has 1 aliphatic heterocycles. The zero-order valence-corrected chi connectivity index (χ0v) is 17.1. The van der Waals surface area contributed by atoms with Gasteiger partial charge in [-0.3, -0.25) is 4.90 Å². The molecule has 6 heteroatoms. The third-order valence-electron chi connectivity index (χ3n) is 5.36. The van der Waals surface area contributed by atoms with Gasteiger partial charge in [-0.15, -0.1) is 0 Å². The van der Waals surface area contributed by atoms with Gasteiger partial charge in [-0.2, -0.15) is 0 Å². The summed E-state index contributed by atoms with van der Waals surface area (Å²) in [4.78, 5) is 19.2. The van der Waals surface area contributed by atoms with Crippen molar-refractivity contribution in [1.29, 1.82) is 0 Å². The highest BCUT2D eigenvalue weighted by molar-refractivity contribution is 6.06. The second kappa shape index (κ2) is 8.16. The Kier molecular flexibility index (Phi) is 5.42. The van der Waals surface area contributed by atoms with E-state index in [0.29, 0.717) is 41.9 Å². The van der Waals surface area contributed by atoms with Crippen LogP contribution in [0.4, 0.5) is 0 Å². The van der Waals surface area contributed by atoms with Crippen molar-refractivity contribution < 1.29 is 19.7 Å². The fraction of sp³-hybridized carbons (Fsp3) is 0.250. The molecule has 4 rings (SSSR count).